The summed E-state index contributed by atoms with van der Waals surface area (Å²) in [5, 5.41) is 0. The summed E-state index contributed by atoms with van der Waals surface area (Å²) in [6.45, 7) is 9.36. The maximum atomic E-state index is 12.6. The molecule has 0 spiro atoms. The minimum atomic E-state index is 0.136. The van der Waals surface area contributed by atoms with Gasteiger partial charge in [0, 0.05) is 49.0 Å². The zero-order valence-corrected chi connectivity index (χ0v) is 14.8. The van der Waals surface area contributed by atoms with Crippen LogP contribution in [0.5, 0.6) is 0 Å². The van der Waals surface area contributed by atoms with Crippen molar-refractivity contribution in [2.45, 2.75) is 26.7 Å². The van der Waals surface area contributed by atoms with Crippen molar-refractivity contribution in [2.75, 3.05) is 45.8 Å². The highest BCUT2D eigenvalue weighted by Gasteiger charge is 2.26. The molecular formula is C17H25N3O2S. The molecule has 0 radical (unpaired) electrons. The molecule has 3 rings (SSSR count). The van der Waals surface area contributed by atoms with Gasteiger partial charge in [0.15, 0.2) is 0 Å². The Labute approximate surface area is 141 Å². The van der Waals surface area contributed by atoms with Gasteiger partial charge in [0.05, 0.1) is 12.1 Å². The smallest absolute Gasteiger partial charge is 0.255 e. The van der Waals surface area contributed by atoms with Crippen molar-refractivity contribution >= 4 is 23.2 Å². The van der Waals surface area contributed by atoms with E-state index in [9.17, 15) is 9.59 Å². The molecule has 0 atom stereocenters. The number of nitrogens with zero attached hydrogens (tertiary/aromatic N) is 3. The van der Waals surface area contributed by atoms with E-state index < -0.39 is 0 Å². The molecule has 2 fully saturated rings. The summed E-state index contributed by atoms with van der Waals surface area (Å²) >= 11 is 1.68. The van der Waals surface area contributed by atoms with Crippen LogP contribution in [0.3, 0.4) is 0 Å². The summed E-state index contributed by atoms with van der Waals surface area (Å²) in [4.78, 5) is 33.2. The van der Waals surface area contributed by atoms with Gasteiger partial charge in [-0.1, -0.05) is 0 Å². The van der Waals surface area contributed by atoms with Gasteiger partial charge in [0.2, 0.25) is 5.91 Å². The van der Waals surface area contributed by atoms with Crippen LogP contribution in [-0.2, 0) is 4.79 Å². The second kappa shape index (κ2) is 7.01. The van der Waals surface area contributed by atoms with Crippen LogP contribution in [0.1, 0.15) is 33.0 Å². The molecule has 0 aromatic carbocycles. The standard InChI is InChI=1S/C17H25N3O2S/c1-13-11-15(14(2)23-13)17(22)20-9-7-18(8-10-20)12-16(21)19-5-3-4-6-19/h11H,3-10,12H2,1-2H3. The van der Waals surface area contributed by atoms with Gasteiger partial charge in [-0.15, -0.1) is 11.3 Å². The van der Waals surface area contributed by atoms with Crippen molar-refractivity contribution in [1.82, 2.24) is 14.7 Å². The van der Waals surface area contributed by atoms with Crippen molar-refractivity contribution in [1.29, 1.82) is 0 Å². The third-order valence-electron chi connectivity index (χ3n) is 4.75. The average molecular weight is 335 g/mol. The van der Waals surface area contributed by atoms with Crippen LogP contribution in [0.25, 0.3) is 0 Å². The molecule has 3 heterocycles. The van der Waals surface area contributed by atoms with Crippen molar-refractivity contribution in [3.63, 3.8) is 0 Å². The predicted octanol–water partition coefficient (Wildman–Crippen LogP) is 1.75. The maximum absolute atomic E-state index is 12.6. The number of hydrogen-bond donors (Lipinski definition) is 0. The van der Waals surface area contributed by atoms with E-state index in [1.807, 2.05) is 29.7 Å². The zero-order valence-electron chi connectivity index (χ0n) is 14.0. The Morgan fingerprint density at radius 3 is 2.22 bits per heavy atom. The van der Waals surface area contributed by atoms with Gasteiger partial charge in [-0.3, -0.25) is 14.5 Å². The number of aryl methyl sites for hydroxylation is 2. The van der Waals surface area contributed by atoms with Crippen LogP contribution in [-0.4, -0.2) is 72.3 Å². The fourth-order valence-corrected chi connectivity index (χ4v) is 4.30. The van der Waals surface area contributed by atoms with E-state index in [2.05, 4.69) is 4.90 Å². The lowest BCUT2D eigenvalue weighted by Gasteiger charge is -2.35. The number of carbonyl (C=O) groups excluding carboxylic acids is 2. The molecule has 2 saturated heterocycles. The van der Waals surface area contributed by atoms with E-state index in [1.165, 1.54) is 4.88 Å². The number of piperazine rings is 1. The van der Waals surface area contributed by atoms with Gasteiger partial charge < -0.3 is 9.80 Å². The van der Waals surface area contributed by atoms with E-state index in [1.54, 1.807) is 11.3 Å². The van der Waals surface area contributed by atoms with Gasteiger partial charge in [-0.05, 0) is 32.8 Å². The van der Waals surface area contributed by atoms with E-state index in [-0.39, 0.29) is 11.8 Å². The normalized spacial score (nSPS) is 19.4. The Kier molecular flexibility index (Phi) is 5.02. The van der Waals surface area contributed by atoms with Gasteiger partial charge >= 0.3 is 0 Å². The minimum absolute atomic E-state index is 0.136. The molecule has 0 bridgehead atoms. The van der Waals surface area contributed by atoms with E-state index in [4.69, 9.17) is 0 Å². The summed E-state index contributed by atoms with van der Waals surface area (Å²) in [5.41, 5.74) is 0.842. The number of carbonyl (C=O) groups is 2. The lowest BCUT2D eigenvalue weighted by molar-refractivity contribution is -0.131. The fraction of sp³-hybridized carbons (Fsp3) is 0.647. The molecule has 0 unspecified atom stereocenters. The number of amides is 2. The predicted molar refractivity (Wildman–Crippen MR) is 92.0 cm³/mol. The first-order valence-electron chi connectivity index (χ1n) is 8.41. The lowest BCUT2D eigenvalue weighted by atomic mass is 10.2. The highest BCUT2D eigenvalue weighted by molar-refractivity contribution is 7.12. The zero-order chi connectivity index (χ0) is 16.4. The third-order valence-corrected chi connectivity index (χ3v) is 5.71. The van der Waals surface area contributed by atoms with Gasteiger partial charge in [0.1, 0.15) is 0 Å². The number of rotatable bonds is 3. The average Bonchev–Trinajstić information content (AvgIpc) is 3.17. The Morgan fingerprint density at radius 2 is 1.65 bits per heavy atom. The second-order valence-electron chi connectivity index (χ2n) is 6.48. The van der Waals surface area contributed by atoms with E-state index in [0.29, 0.717) is 19.6 Å². The summed E-state index contributed by atoms with van der Waals surface area (Å²) in [5.74, 6) is 0.379. The molecule has 0 saturated carbocycles. The SMILES string of the molecule is Cc1cc(C(=O)N2CCN(CC(=O)N3CCCC3)CC2)c(C)s1. The highest BCUT2D eigenvalue weighted by atomic mass is 32.1. The van der Waals surface area contributed by atoms with Gasteiger partial charge in [-0.25, -0.2) is 0 Å². The van der Waals surface area contributed by atoms with E-state index in [0.717, 1.165) is 49.5 Å². The van der Waals surface area contributed by atoms with Crippen molar-refractivity contribution in [3.8, 4) is 0 Å². The summed E-state index contributed by atoms with van der Waals surface area (Å²) in [7, 11) is 0. The molecule has 1 aromatic heterocycles. The third kappa shape index (κ3) is 3.75. The Morgan fingerprint density at radius 1 is 1.00 bits per heavy atom. The van der Waals surface area contributed by atoms with Gasteiger partial charge in [-0.2, -0.15) is 0 Å². The lowest BCUT2D eigenvalue weighted by Crippen LogP contribution is -2.51. The molecule has 2 aliphatic rings. The summed E-state index contributed by atoms with van der Waals surface area (Å²) in [6, 6.07) is 1.99. The molecule has 0 N–H and O–H groups in total. The van der Waals surface area contributed by atoms with E-state index >= 15 is 0 Å². The first kappa shape index (κ1) is 16.5. The highest BCUT2D eigenvalue weighted by Crippen LogP contribution is 2.22. The van der Waals surface area contributed by atoms with Crippen LogP contribution in [0.2, 0.25) is 0 Å². The van der Waals surface area contributed by atoms with Crippen molar-refractivity contribution in [3.05, 3.63) is 21.4 Å². The summed E-state index contributed by atoms with van der Waals surface area (Å²) in [6.07, 6.45) is 2.26. The monoisotopic (exact) mass is 335 g/mol. The number of thiophene rings is 1. The van der Waals surface area contributed by atoms with Crippen molar-refractivity contribution < 1.29 is 9.59 Å². The maximum Gasteiger partial charge on any atom is 0.255 e. The number of hydrogen-bond acceptors (Lipinski definition) is 4. The molecule has 126 valence electrons. The topological polar surface area (TPSA) is 43.9 Å². The second-order valence-corrected chi connectivity index (χ2v) is 7.94. The number of likely N-dealkylation sites (tertiary alicyclic amines) is 1. The first-order valence-corrected chi connectivity index (χ1v) is 9.22. The van der Waals surface area contributed by atoms with Crippen LogP contribution >= 0.6 is 11.3 Å². The van der Waals surface area contributed by atoms with Crippen LogP contribution in [0.15, 0.2) is 6.07 Å². The van der Waals surface area contributed by atoms with Crippen LogP contribution < -0.4 is 0 Å². The molecule has 1 aromatic rings. The molecule has 2 amide bonds. The van der Waals surface area contributed by atoms with Crippen LogP contribution in [0, 0.1) is 13.8 Å². The summed E-state index contributed by atoms with van der Waals surface area (Å²) < 4.78 is 0. The molecule has 5 nitrogen and oxygen atoms in total. The molecular weight excluding hydrogens is 310 g/mol. The van der Waals surface area contributed by atoms with Crippen molar-refractivity contribution in [2.24, 2.45) is 0 Å². The quantitative estimate of drug-likeness (QED) is 0.845. The molecule has 2 aliphatic heterocycles. The Bertz CT molecular complexity index is 585. The molecule has 6 heteroatoms. The Hall–Kier alpha value is -1.40. The molecule has 23 heavy (non-hydrogen) atoms. The first-order chi connectivity index (χ1) is 11.0. The molecule has 0 aliphatic carbocycles. The van der Waals surface area contributed by atoms with Gasteiger partial charge in [0.25, 0.3) is 5.91 Å². The minimum Gasteiger partial charge on any atom is -0.342 e. The fourth-order valence-electron chi connectivity index (χ4n) is 3.38. The largest absolute Gasteiger partial charge is 0.342 e. The Balaban J connectivity index is 1.51. The van der Waals surface area contributed by atoms with Crippen LogP contribution in [0.4, 0.5) is 0 Å².